The van der Waals surface area contributed by atoms with Crippen LogP contribution in [0.1, 0.15) is 30.9 Å². The van der Waals surface area contributed by atoms with Crippen molar-refractivity contribution in [3.63, 3.8) is 0 Å². The predicted octanol–water partition coefficient (Wildman–Crippen LogP) is 5.13. The van der Waals surface area contributed by atoms with Gasteiger partial charge in [-0.15, -0.1) is 0 Å². The molecule has 32 heavy (non-hydrogen) atoms. The lowest BCUT2D eigenvalue weighted by Gasteiger charge is -2.48. The number of aromatic nitrogens is 1. The monoisotopic (exact) mass is 431 g/mol. The minimum atomic E-state index is -0.728. The average molecular weight is 432 g/mol. The summed E-state index contributed by atoms with van der Waals surface area (Å²) < 4.78 is 20.7. The van der Waals surface area contributed by atoms with E-state index in [1.54, 1.807) is 29.3 Å². The number of halogens is 1. The number of nitrogens with zero attached hydrogens (tertiary/aromatic N) is 3. The van der Waals surface area contributed by atoms with Crippen LogP contribution in [0.25, 0.3) is 0 Å². The summed E-state index contributed by atoms with van der Waals surface area (Å²) >= 11 is 0. The topological polar surface area (TPSA) is 45.7 Å². The first-order valence-corrected chi connectivity index (χ1v) is 11.0. The first-order valence-electron chi connectivity index (χ1n) is 11.0. The van der Waals surface area contributed by atoms with Gasteiger partial charge in [-0.25, -0.2) is 9.18 Å². The van der Waals surface area contributed by atoms with Crippen molar-refractivity contribution in [2.45, 2.75) is 37.5 Å². The van der Waals surface area contributed by atoms with Crippen LogP contribution < -0.4 is 4.90 Å². The number of carbonyl (C=O) groups excluding carboxylic acids is 1. The molecule has 1 atom stereocenters. The quantitative estimate of drug-likeness (QED) is 0.575. The second-order valence-corrected chi connectivity index (χ2v) is 8.68. The molecule has 1 amide bonds. The number of pyridine rings is 1. The second kappa shape index (κ2) is 7.93. The summed E-state index contributed by atoms with van der Waals surface area (Å²) in [5.41, 5.74) is 1.12. The largest absolute Gasteiger partial charge is 0.440 e. The minimum absolute atomic E-state index is 0.158. The van der Waals surface area contributed by atoms with Crippen molar-refractivity contribution >= 4 is 11.8 Å². The summed E-state index contributed by atoms with van der Waals surface area (Å²) in [6.07, 6.45) is 4.58. The summed E-state index contributed by atoms with van der Waals surface area (Å²) in [5.74, 6) is -0.317. The number of ether oxygens (including phenoxy) is 1. The van der Waals surface area contributed by atoms with Crippen molar-refractivity contribution in [2.24, 2.45) is 0 Å². The molecule has 2 aliphatic rings. The lowest BCUT2D eigenvalue weighted by Crippen LogP contribution is -2.58. The zero-order chi connectivity index (χ0) is 22.2. The first-order chi connectivity index (χ1) is 15.5. The Balaban J connectivity index is 1.51. The van der Waals surface area contributed by atoms with E-state index in [-0.39, 0.29) is 12.4 Å². The molecule has 1 spiro atoms. The Kier molecular flexibility index (Phi) is 5.08. The lowest BCUT2D eigenvalue weighted by molar-refractivity contribution is -0.0323. The number of hydrogen-bond donors (Lipinski definition) is 0. The summed E-state index contributed by atoms with van der Waals surface area (Å²) in [4.78, 5) is 21.5. The van der Waals surface area contributed by atoms with Gasteiger partial charge in [-0.1, -0.05) is 48.5 Å². The van der Waals surface area contributed by atoms with E-state index < -0.39 is 17.2 Å². The van der Waals surface area contributed by atoms with Crippen LogP contribution in [0.3, 0.4) is 0 Å². The Hall–Kier alpha value is -3.41. The number of amides is 1. The molecule has 2 aromatic carbocycles. The molecule has 5 nitrogen and oxygen atoms in total. The van der Waals surface area contributed by atoms with Crippen LogP contribution in [-0.2, 0) is 16.8 Å². The van der Waals surface area contributed by atoms with Gasteiger partial charge in [-0.05, 0) is 30.7 Å². The van der Waals surface area contributed by atoms with Gasteiger partial charge >= 0.3 is 6.09 Å². The number of carbonyl (C=O) groups is 1. The van der Waals surface area contributed by atoms with Crippen LogP contribution in [-0.4, -0.2) is 34.7 Å². The van der Waals surface area contributed by atoms with Gasteiger partial charge in [0.05, 0.1) is 18.4 Å². The SMILES string of the molecule is CC1(c2ccccc2)N(Cc2ccccc2F)C(=O)OC12CCN(c1cccnc1)CC2. The molecular formula is C26H26FN3O2. The fourth-order valence-corrected chi connectivity index (χ4v) is 5.21. The highest BCUT2D eigenvalue weighted by Gasteiger charge is 2.63. The molecule has 0 saturated carbocycles. The molecule has 5 rings (SSSR count). The number of hydrogen-bond acceptors (Lipinski definition) is 4. The molecule has 1 unspecified atom stereocenters. The van der Waals surface area contributed by atoms with Gasteiger partial charge in [0.15, 0.2) is 0 Å². The zero-order valence-electron chi connectivity index (χ0n) is 18.1. The molecule has 0 N–H and O–H groups in total. The molecule has 0 aliphatic carbocycles. The van der Waals surface area contributed by atoms with Crippen molar-refractivity contribution in [2.75, 3.05) is 18.0 Å². The van der Waals surface area contributed by atoms with E-state index in [0.29, 0.717) is 18.4 Å². The fourth-order valence-electron chi connectivity index (χ4n) is 5.21. The van der Waals surface area contributed by atoms with Crippen molar-refractivity contribution in [3.05, 3.63) is 96.1 Å². The average Bonchev–Trinajstić information content (AvgIpc) is 3.04. The molecule has 2 fully saturated rings. The molecular weight excluding hydrogens is 405 g/mol. The normalized spacial score (nSPS) is 22.2. The highest BCUT2D eigenvalue weighted by Crippen LogP contribution is 2.52. The fraction of sp³-hybridized carbons (Fsp3) is 0.308. The van der Waals surface area contributed by atoms with Crippen LogP contribution in [0.4, 0.5) is 14.9 Å². The lowest BCUT2D eigenvalue weighted by atomic mass is 9.70. The molecule has 1 aromatic heterocycles. The third kappa shape index (κ3) is 3.22. The Morgan fingerprint density at radius 1 is 1.00 bits per heavy atom. The highest BCUT2D eigenvalue weighted by molar-refractivity contribution is 5.74. The summed E-state index contributed by atoms with van der Waals surface area (Å²) in [6.45, 7) is 3.71. The van der Waals surface area contributed by atoms with Gasteiger partial charge in [-0.2, -0.15) is 0 Å². The van der Waals surface area contributed by atoms with Crippen molar-refractivity contribution in [3.8, 4) is 0 Å². The molecule has 6 heteroatoms. The highest BCUT2D eigenvalue weighted by atomic mass is 19.1. The van der Waals surface area contributed by atoms with Gasteiger partial charge in [0.2, 0.25) is 0 Å². The van der Waals surface area contributed by atoms with Gasteiger partial charge < -0.3 is 9.64 Å². The molecule has 164 valence electrons. The van der Waals surface area contributed by atoms with Crippen LogP contribution >= 0.6 is 0 Å². The van der Waals surface area contributed by atoms with Gasteiger partial charge in [0.25, 0.3) is 0 Å². The third-order valence-electron chi connectivity index (χ3n) is 7.13. The number of anilines is 1. The first kappa shape index (κ1) is 20.5. The van der Waals surface area contributed by atoms with Crippen LogP contribution in [0.5, 0.6) is 0 Å². The van der Waals surface area contributed by atoms with Gasteiger partial charge in [0, 0.05) is 37.7 Å². The van der Waals surface area contributed by atoms with Crippen LogP contribution in [0, 0.1) is 5.82 Å². The smallest absolute Gasteiger partial charge is 0.411 e. The second-order valence-electron chi connectivity index (χ2n) is 8.68. The maximum absolute atomic E-state index is 14.5. The summed E-state index contributed by atoms with van der Waals surface area (Å²) in [6, 6.07) is 20.6. The van der Waals surface area contributed by atoms with Gasteiger partial charge in [0.1, 0.15) is 17.0 Å². The molecule has 0 bridgehead atoms. The third-order valence-corrected chi connectivity index (χ3v) is 7.13. The maximum atomic E-state index is 14.5. The summed E-state index contributed by atoms with van der Waals surface area (Å²) in [7, 11) is 0. The summed E-state index contributed by atoms with van der Waals surface area (Å²) in [5, 5.41) is 0. The molecule has 2 aliphatic heterocycles. The standard InChI is InChI=1S/C26H26FN3O2/c1-25(21-9-3-2-4-10-21)26(13-16-29(17-14-26)22-11-7-15-28-18-22)32-24(31)30(25)19-20-8-5-6-12-23(20)27/h2-12,15,18H,13-14,16-17,19H2,1H3. The van der Waals surface area contributed by atoms with Crippen molar-refractivity contribution in [1.82, 2.24) is 9.88 Å². The maximum Gasteiger partial charge on any atom is 0.411 e. The van der Waals surface area contributed by atoms with Crippen molar-refractivity contribution < 1.29 is 13.9 Å². The van der Waals surface area contributed by atoms with E-state index in [4.69, 9.17) is 4.74 Å². The molecule has 2 saturated heterocycles. The zero-order valence-corrected chi connectivity index (χ0v) is 18.1. The number of rotatable bonds is 4. The van der Waals surface area contributed by atoms with Gasteiger partial charge in [-0.3, -0.25) is 9.88 Å². The molecule has 3 heterocycles. The Morgan fingerprint density at radius 3 is 2.41 bits per heavy atom. The van der Waals surface area contributed by atoms with Crippen LogP contribution in [0.2, 0.25) is 0 Å². The Morgan fingerprint density at radius 2 is 1.72 bits per heavy atom. The Labute approximate surface area is 187 Å². The van der Waals surface area contributed by atoms with E-state index in [9.17, 15) is 9.18 Å². The van der Waals surface area contributed by atoms with E-state index in [2.05, 4.69) is 16.8 Å². The number of piperidine rings is 1. The Bertz CT molecular complexity index is 1100. The minimum Gasteiger partial charge on any atom is -0.440 e. The van der Waals surface area contributed by atoms with E-state index in [1.165, 1.54) is 6.07 Å². The van der Waals surface area contributed by atoms with Crippen LogP contribution in [0.15, 0.2) is 79.1 Å². The molecule has 3 aromatic rings. The van der Waals surface area contributed by atoms with E-state index >= 15 is 0 Å². The molecule has 0 radical (unpaired) electrons. The number of benzene rings is 2. The van der Waals surface area contributed by atoms with Crippen molar-refractivity contribution in [1.29, 1.82) is 0 Å². The van der Waals surface area contributed by atoms with E-state index in [0.717, 1.165) is 24.3 Å². The van der Waals surface area contributed by atoms with E-state index in [1.807, 2.05) is 48.7 Å². The predicted molar refractivity (Wildman–Crippen MR) is 121 cm³/mol.